The average molecular weight is 462 g/mol. The van der Waals surface area contributed by atoms with Crippen molar-refractivity contribution in [3.05, 3.63) is 94.5 Å². The Balaban J connectivity index is 1.87. The van der Waals surface area contributed by atoms with E-state index in [-0.39, 0.29) is 11.6 Å². The zero-order chi connectivity index (χ0) is 23.3. The van der Waals surface area contributed by atoms with Crippen molar-refractivity contribution >= 4 is 34.8 Å². The lowest BCUT2D eigenvalue weighted by Gasteiger charge is -2.21. The molecule has 9 heteroatoms. The van der Waals surface area contributed by atoms with Gasteiger partial charge in [-0.15, -0.1) is 0 Å². The molecule has 0 saturated heterocycles. The first kappa shape index (κ1) is 23.1. The van der Waals surface area contributed by atoms with E-state index < -0.39 is 28.7 Å². The molecular formula is C23H19ClF3N3O2. The van der Waals surface area contributed by atoms with Crippen molar-refractivity contribution < 1.29 is 22.8 Å². The van der Waals surface area contributed by atoms with Gasteiger partial charge in [-0.2, -0.15) is 13.2 Å². The van der Waals surface area contributed by atoms with Crippen LogP contribution >= 0.6 is 11.6 Å². The van der Waals surface area contributed by atoms with E-state index in [9.17, 15) is 22.8 Å². The van der Waals surface area contributed by atoms with Crippen molar-refractivity contribution in [3.63, 3.8) is 0 Å². The summed E-state index contributed by atoms with van der Waals surface area (Å²) in [5.74, 6) is -0.820. The van der Waals surface area contributed by atoms with Crippen LogP contribution in [0.1, 0.15) is 27.5 Å². The van der Waals surface area contributed by atoms with E-state index in [0.717, 1.165) is 12.1 Å². The highest BCUT2D eigenvalue weighted by molar-refractivity contribution is 6.31. The van der Waals surface area contributed by atoms with Gasteiger partial charge in [0.15, 0.2) is 0 Å². The predicted molar refractivity (Wildman–Crippen MR) is 118 cm³/mol. The molecule has 2 amide bonds. The van der Waals surface area contributed by atoms with Crippen LogP contribution in [-0.2, 0) is 11.0 Å². The van der Waals surface area contributed by atoms with Crippen LogP contribution in [0.2, 0.25) is 5.02 Å². The summed E-state index contributed by atoms with van der Waals surface area (Å²) in [5, 5.41) is 7.64. The van der Waals surface area contributed by atoms with Crippen molar-refractivity contribution in [3.8, 4) is 0 Å². The van der Waals surface area contributed by atoms with Crippen LogP contribution in [0.5, 0.6) is 0 Å². The fraction of sp³-hybridized carbons (Fsp3) is 0.130. The van der Waals surface area contributed by atoms with Crippen LogP contribution in [0, 0.1) is 0 Å². The van der Waals surface area contributed by atoms with E-state index in [2.05, 4.69) is 16.0 Å². The van der Waals surface area contributed by atoms with Gasteiger partial charge in [0.2, 0.25) is 0 Å². The minimum absolute atomic E-state index is 0.0376. The van der Waals surface area contributed by atoms with Gasteiger partial charge in [0, 0.05) is 24.0 Å². The van der Waals surface area contributed by atoms with E-state index in [1.807, 2.05) is 0 Å². The van der Waals surface area contributed by atoms with E-state index in [0.29, 0.717) is 16.8 Å². The first-order valence-corrected chi connectivity index (χ1v) is 9.88. The number of halogens is 4. The Hall–Kier alpha value is -3.52. The Morgan fingerprint density at radius 1 is 0.906 bits per heavy atom. The lowest BCUT2D eigenvalue weighted by atomic mass is 10.0. The second kappa shape index (κ2) is 9.74. The number of rotatable bonds is 6. The SMILES string of the molecule is CNC(=O)c1ccc(N[C@H](C(=O)Nc2ccc(Cl)c(C(F)(F)F)c2)c2ccccc2)cc1. The number of benzene rings is 3. The van der Waals surface area contributed by atoms with Crippen molar-refractivity contribution in [1.82, 2.24) is 5.32 Å². The average Bonchev–Trinajstić information content (AvgIpc) is 2.78. The van der Waals surface area contributed by atoms with Crippen LogP contribution in [0.4, 0.5) is 24.5 Å². The smallest absolute Gasteiger partial charge is 0.370 e. The molecule has 0 aromatic heterocycles. The number of hydrogen-bond acceptors (Lipinski definition) is 3. The van der Waals surface area contributed by atoms with Crippen molar-refractivity contribution in [2.24, 2.45) is 0 Å². The van der Waals surface area contributed by atoms with Crippen molar-refractivity contribution in [1.29, 1.82) is 0 Å². The molecule has 0 spiro atoms. The first-order valence-electron chi connectivity index (χ1n) is 9.50. The molecule has 0 aliphatic rings. The lowest BCUT2D eigenvalue weighted by molar-refractivity contribution is -0.137. The maximum absolute atomic E-state index is 13.2. The molecule has 0 radical (unpaired) electrons. The number of alkyl halides is 3. The highest BCUT2D eigenvalue weighted by Gasteiger charge is 2.33. The fourth-order valence-corrected chi connectivity index (χ4v) is 3.23. The van der Waals surface area contributed by atoms with Crippen LogP contribution in [0.3, 0.4) is 0 Å². The fourth-order valence-electron chi connectivity index (χ4n) is 3.01. The van der Waals surface area contributed by atoms with E-state index in [1.165, 1.54) is 13.1 Å². The van der Waals surface area contributed by atoms with Crippen molar-refractivity contribution in [2.75, 3.05) is 17.7 Å². The van der Waals surface area contributed by atoms with Crippen LogP contribution in [0.25, 0.3) is 0 Å². The standard InChI is InChI=1S/C23H19ClF3N3O2/c1-28-21(31)15-7-9-16(10-8-15)29-20(14-5-3-2-4-6-14)22(32)30-17-11-12-19(24)18(13-17)23(25,26)27/h2-13,20,29H,1H3,(H,28,31)(H,30,32)/t20-/m0/s1. The quantitative estimate of drug-likeness (QED) is 0.453. The maximum atomic E-state index is 13.2. The zero-order valence-electron chi connectivity index (χ0n) is 16.8. The monoisotopic (exact) mass is 461 g/mol. The molecule has 0 unspecified atom stereocenters. The minimum atomic E-state index is -4.65. The molecule has 0 aliphatic carbocycles. The number of carbonyl (C=O) groups excluding carboxylic acids is 2. The molecule has 3 aromatic rings. The largest absolute Gasteiger partial charge is 0.417 e. The van der Waals surface area contributed by atoms with Crippen molar-refractivity contribution in [2.45, 2.75) is 12.2 Å². The highest BCUT2D eigenvalue weighted by Crippen LogP contribution is 2.36. The molecule has 1 atom stereocenters. The summed E-state index contributed by atoms with van der Waals surface area (Å²) in [5.41, 5.74) is 0.522. The van der Waals surface area contributed by atoms with Gasteiger partial charge in [0.25, 0.3) is 11.8 Å². The van der Waals surface area contributed by atoms with Gasteiger partial charge in [0.05, 0.1) is 10.6 Å². The van der Waals surface area contributed by atoms with Crippen LogP contribution < -0.4 is 16.0 Å². The predicted octanol–water partition coefficient (Wildman–Crippen LogP) is 5.51. The topological polar surface area (TPSA) is 70.2 Å². The molecule has 0 aliphatic heterocycles. The van der Waals surface area contributed by atoms with E-state index in [1.54, 1.807) is 54.6 Å². The number of carbonyl (C=O) groups is 2. The Morgan fingerprint density at radius 2 is 1.53 bits per heavy atom. The number of amides is 2. The summed E-state index contributed by atoms with van der Waals surface area (Å²) < 4.78 is 39.5. The highest BCUT2D eigenvalue weighted by atomic mass is 35.5. The maximum Gasteiger partial charge on any atom is 0.417 e. The normalized spacial score (nSPS) is 12.0. The molecule has 0 fully saturated rings. The molecule has 3 N–H and O–H groups in total. The van der Waals surface area contributed by atoms with Gasteiger partial charge >= 0.3 is 6.18 Å². The van der Waals surface area contributed by atoms with Gasteiger partial charge in [-0.1, -0.05) is 41.9 Å². The second-order valence-corrected chi connectivity index (χ2v) is 7.23. The number of nitrogens with one attached hydrogen (secondary N) is 3. The molecule has 32 heavy (non-hydrogen) atoms. The first-order chi connectivity index (χ1) is 15.2. The van der Waals surface area contributed by atoms with E-state index in [4.69, 9.17) is 11.6 Å². The third kappa shape index (κ3) is 5.59. The third-order valence-electron chi connectivity index (χ3n) is 4.62. The van der Waals surface area contributed by atoms with Gasteiger partial charge in [-0.3, -0.25) is 9.59 Å². The number of hydrogen-bond donors (Lipinski definition) is 3. The summed E-state index contributed by atoms with van der Waals surface area (Å²) in [6.07, 6.45) is -4.65. The van der Waals surface area contributed by atoms with Gasteiger partial charge in [-0.25, -0.2) is 0 Å². The summed E-state index contributed by atoms with van der Waals surface area (Å²) in [4.78, 5) is 24.7. The molecule has 0 saturated carbocycles. The molecule has 0 bridgehead atoms. The summed E-state index contributed by atoms with van der Waals surface area (Å²) in [7, 11) is 1.52. The number of anilines is 2. The summed E-state index contributed by atoms with van der Waals surface area (Å²) in [6.45, 7) is 0. The Bertz CT molecular complexity index is 1100. The molecule has 5 nitrogen and oxygen atoms in total. The van der Waals surface area contributed by atoms with Gasteiger partial charge < -0.3 is 16.0 Å². The Kier molecular flexibility index (Phi) is 7.05. The minimum Gasteiger partial charge on any atom is -0.370 e. The van der Waals surface area contributed by atoms with Crippen LogP contribution in [-0.4, -0.2) is 18.9 Å². The summed E-state index contributed by atoms with van der Waals surface area (Å²) in [6, 6.07) is 17.4. The van der Waals surface area contributed by atoms with Gasteiger partial charge in [0.1, 0.15) is 6.04 Å². The van der Waals surface area contributed by atoms with E-state index >= 15 is 0 Å². The summed E-state index contributed by atoms with van der Waals surface area (Å²) >= 11 is 5.66. The Morgan fingerprint density at radius 3 is 2.12 bits per heavy atom. The molecule has 166 valence electrons. The third-order valence-corrected chi connectivity index (χ3v) is 4.95. The molecular weight excluding hydrogens is 443 g/mol. The van der Waals surface area contributed by atoms with Gasteiger partial charge in [-0.05, 0) is 48.0 Å². The lowest BCUT2D eigenvalue weighted by Crippen LogP contribution is -2.27. The zero-order valence-corrected chi connectivity index (χ0v) is 17.6. The molecule has 3 rings (SSSR count). The second-order valence-electron chi connectivity index (χ2n) is 6.83. The molecule has 3 aromatic carbocycles. The Labute approximate surface area is 187 Å². The molecule has 0 heterocycles. The van der Waals surface area contributed by atoms with Crippen LogP contribution in [0.15, 0.2) is 72.8 Å².